The zero-order valence-corrected chi connectivity index (χ0v) is 11.9. The lowest BCUT2D eigenvalue weighted by Gasteiger charge is -2.12. The van der Waals surface area contributed by atoms with E-state index in [1.165, 1.54) is 0 Å². The van der Waals surface area contributed by atoms with Crippen LogP contribution in [0.4, 0.5) is 0 Å². The maximum atomic E-state index is 9.75. The number of fused-ring (bicyclic) bond motifs is 1. The van der Waals surface area contributed by atoms with Gasteiger partial charge < -0.3 is 25.3 Å². The van der Waals surface area contributed by atoms with E-state index in [9.17, 15) is 5.02 Å². The summed E-state index contributed by atoms with van der Waals surface area (Å²) in [6.07, 6.45) is -0.304. The van der Waals surface area contributed by atoms with Crippen LogP contribution in [-0.2, 0) is 4.65 Å². The second-order valence-electron chi connectivity index (χ2n) is 3.69. The SMILES string of the molecule is Cl.NCC1OB(O)c2cc(OCCO)cc(Br)c21. The van der Waals surface area contributed by atoms with Crippen molar-refractivity contribution in [2.75, 3.05) is 19.8 Å². The molecule has 0 spiro atoms. The Morgan fingerprint density at radius 1 is 1.50 bits per heavy atom. The molecule has 0 aromatic heterocycles. The Balaban J connectivity index is 0.00000162. The molecule has 0 amide bonds. The number of hydrogen-bond acceptors (Lipinski definition) is 5. The molecule has 0 radical (unpaired) electrons. The van der Waals surface area contributed by atoms with Crippen molar-refractivity contribution in [2.45, 2.75) is 6.10 Å². The normalized spacial score (nSPS) is 17.3. The first-order chi connectivity index (χ1) is 8.17. The summed E-state index contributed by atoms with van der Waals surface area (Å²) >= 11 is 3.41. The molecule has 18 heavy (non-hydrogen) atoms. The van der Waals surface area contributed by atoms with Gasteiger partial charge in [0.05, 0.1) is 12.7 Å². The molecule has 100 valence electrons. The lowest BCUT2D eigenvalue weighted by molar-refractivity contribution is 0.197. The van der Waals surface area contributed by atoms with Crippen LogP contribution in [0.5, 0.6) is 5.75 Å². The van der Waals surface area contributed by atoms with E-state index in [0.717, 1.165) is 10.0 Å². The standard InChI is InChI=1S/C10H13BBrNO4.ClH/c12-8-4-6(16-2-1-14)3-7-10(8)9(5-13)17-11(7)15;/h3-4,9,14-15H,1-2,5,13H2;1H. The quantitative estimate of drug-likeness (QED) is 0.671. The van der Waals surface area contributed by atoms with Crippen LogP contribution in [0.2, 0.25) is 0 Å². The Hall–Kier alpha value is -0.305. The Bertz CT molecular complexity index is 423. The fraction of sp³-hybridized carbons (Fsp3) is 0.400. The second kappa shape index (κ2) is 6.74. The van der Waals surface area contributed by atoms with Crippen molar-refractivity contribution in [3.63, 3.8) is 0 Å². The van der Waals surface area contributed by atoms with Crippen molar-refractivity contribution in [3.05, 3.63) is 22.2 Å². The largest absolute Gasteiger partial charge is 0.492 e. The van der Waals surface area contributed by atoms with Crippen molar-refractivity contribution in [3.8, 4) is 5.75 Å². The molecule has 1 heterocycles. The minimum absolute atomic E-state index is 0. The van der Waals surface area contributed by atoms with Crippen LogP contribution in [-0.4, -0.2) is 37.0 Å². The molecule has 5 nitrogen and oxygen atoms in total. The maximum Gasteiger partial charge on any atom is 0.492 e. The third kappa shape index (κ3) is 2.99. The number of benzene rings is 1. The summed E-state index contributed by atoms with van der Waals surface area (Å²) in [4.78, 5) is 0. The van der Waals surface area contributed by atoms with Crippen molar-refractivity contribution >= 4 is 40.9 Å². The minimum Gasteiger partial charge on any atom is -0.491 e. The molecule has 1 unspecified atom stereocenters. The molecule has 1 aliphatic rings. The number of halogens is 2. The van der Waals surface area contributed by atoms with Gasteiger partial charge >= 0.3 is 7.12 Å². The van der Waals surface area contributed by atoms with Gasteiger partial charge in [0.25, 0.3) is 0 Å². The van der Waals surface area contributed by atoms with Gasteiger partial charge in [0, 0.05) is 11.0 Å². The van der Waals surface area contributed by atoms with Crippen LogP contribution >= 0.6 is 28.3 Å². The van der Waals surface area contributed by atoms with Crippen molar-refractivity contribution in [1.29, 1.82) is 0 Å². The third-order valence-corrected chi connectivity index (χ3v) is 3.25. The maximum absolute atomic E-state index is 9.75. The predicted octanol–water partition coefficient (Wildman–Crippen LogP) is -0.0405. The average molecular weight is 338 g/mol. The molecule has 2 rings (SSSR count). The van der Waals surface area contributed by atoms with Gasteiger partial charge in [0.15, 0.2) is 0 Å². The highest BCUT2D eigenvalue weighted by molar-refractivity contribution is 9.10. The fourth-order valence-electron chi connectivity index (χ4n) is 1.87. The predicted molar refractivity (Wildman–Crippen MR) is 74.5 cm³/mol. The van der Waals surface area contributed by atoms with E-state index in [1.807, 2.05) is 0 Å². The van der Waals surface area contributed by atoms with E-state index < -0.39 is 7.12 Å². The molecule has 0 saturated carbocycles. The van der Waals surface area contributed by atoms with Crippen LogP contribution in [0.25, 0.3) is 0 Å². The molecule has 1 aromatic rings. The Labute approximate surface area is 120 Å². The number of rotatable bonds is 4. The Kier molecular flexibility index (Phi) is 5.90. The zero-order valence-electron chi connectivity index (χ0n) is 9.51. The molecule has 4 N–H and O–H groups in total. The highest BCUT2D eigenvalue weighted by atomic mass is 79.9. The Morgan fingerprint density at radius 2 is 2.22 bits per heavy atom. The topological polar surface area (TPSA) is 84.9 Å². The number of nitrogens with two attached hydrogens (primary N) is 1. The number of ether oxygens (including phenoxy) is 1. The third-order valence-electron chi connectivity index (χ3n) is 2.59. The highest BCUT2D eigenvalue weighted by Gasteiger charge is 2.36. The molecule has 1 aromatic carbocycles. The summed E-state index contributed by atoms with van der Waals surface area (Å²) in [5, 5.41) is 18.4. The number of aliphatic hydroxyl groups excluding tert-OH is 1. The van der Waals surface area contributed by atoms with Gasteiger partial charge in [-0.3, -0.25) is 0 Å². The van der Waals surface area contributed by atoms with Crippen LogP contribution < -0.4 is 15.9 Å². The van der Waals surface area contributed by atoms with Crippen molar-refractivity contribution in [1.82, 2.24) is 0 Å². The lowest BCUT2D eigenvalue weighted by Crippen LogP contribution is -2.28. The first-order valence-electron chi connectivity index (χ1n) is 5.28. The molecule has 0 fully saturated rings. The van der Waals surface area contributed by atoms with Crippen LogP contribution in [0.1, 0.15) is 11.7 Å². The first-order valence-corrected chi connectivity index (χ1v) is 6.07. The summed E-state index contributed by atoms with van der Waals surface area (Å²) in [6.45, 7) is 0.460. The van der Waals surface area contributed by atoms with Crippen molar-refractivity contribution < 1.29 is 19.5 Å². The monoisotopic (exact) mass is 337 g/mol. The van der Waals surface area contributed by atoms with Gasteiger partial charge in [0.1, 0.15) is 12.4 Å². The zero-order chi connectivity index (χ0) is 12.4. The van der Waals surface area contributed by atoms with E-state index in [0.29, 0.717) is 17.8 Å². The smallest absolute Gasteiger partial charge is 0.491 e. The number of aliphatic hydroxyl groups is 1. The number of hydrogen-bond donors (Lipinski definition) is 3. The molecule has 1 aliphatic heterocycles. The summed E-state index contributed by atoms with van der Waals surface area (Å²) in [5.41, 5.74) is 7.09. The van der Waals surface area contributed by atoms with Crippen LogP contribution in [0, 0.1) is 0 Å². The van der Waals surface area contributed by atoms with Crippen molar-refractivity contribution in [2.24, 2.45) is 5.73 Å². The second-order valence-corrected chi connectivity index (χ2v) is 4.55. The van der Waals surface area contributed by atoms with Gasteiger partial charge in [-0.15, -0.1) is 12.4 Å². The summed E-state index contributed by atoms with van der Waals surface area (Å²) in [6, 6.07) is 3.48. The van der Waals surface area contributed by atoms with Gasteiger partial charge in [-0.25, -0.2) is 0 Å². The first kappa shape index (κ1) is 15.8. The van der Waals surface area contributed by atoms with E-state index in [1.54, 1.807) is 12.1 Å². The average Bonchev–Trinajstić information content (AvgIpc) is 2.64. The molecular weight excluding hydrogens is 324 g/mol. The van der Waals surface area contributed by atoms with E-state index in [2.05, 4.69) is 15.9 Å². The molecular formula is C10H14BBrClNO4. The highest BCUT2D eigenvalue weighted by Crippen LogP contribution is 2.32. The summed E-state index contributed by atoms with van der Waals surface area (Å²) < 4.78 is 11.4. The lowest BCUT2D eigenvalue weighted by atomic mass is 9.79. The molecule has 8 heteroatoms. The summed E-state index contributed by atoms with van der Waals surface area (Å²) in [7, 11) is -0.979. The van der Waals surface area contributed by atoms with Crippen LogP contribution in [0.15, 0.2) is 16.6 Å². The summed E-state index contributed by atoms with van der Waals surface area (Å²) in [5.74, 6) is 0.574. The Morgan fingerprint density at radius 3 is 2.83 bits per heavy atom. The van der Waals surface area contributed by atoms with Gasteiger partial charge in [-0.2, -0.15) is 0 Å². The fourth-order valence-corrected chi connectivity index (χ4v) is 2.58. The molecule has 0 saturated heterocycles. The molecule has 0 aliphatic carbocycles. The molecule has 1 atom stereocenters. The van der Waals surface area contributed by atoms with Gasteiger partial charge in [-0.05, 0) is 23.2 Å². The van der Waals surface area contributed by atoms with Gasteiger partial charge in [0.2, 0.25) is 0 Å². The van der Waals surface area contributed by atoms with Gasteiger partial charge in [-0.1, -0.05) is 15.9 Å². The van der Waals surface area contributed by atoms with E-state index >= 15 is 0 Å². The van der Waals surface area contributed by atoms with Crippen LogP contribution in [0.3, 0.4) is 0 Å². The molecule has 0 bridgehead atoms. The minimum atomic E-state index is -0.979. The van der Waals surface area contributed by atoms with E-state index in [-0.39, 0.29) is 31.7 Å². The van der Waals surface area contributed by atoms with E-state index in [4.69, 9.17) is 20.2 Å².